The fraction of sp³-hybridized carbons (Fsp3) is 0.189. The molecule has 8 rings (SSSR count). The summed E-state index contributed by atoms with van der Waals surface area (Å²) < 4.78 is 22.4. The van der Waals surface area contributed by atoms with Gasteiger partial charge in [0.1, 0.15) is 18.6 Å². The molecular weight excluding hydrogens is 616 g/mol. The van der Waals surface area contributed by atoms with Gasteiger partial charge in [-0.1, -0.05) is 37.3 Å². The number of esters is 1. The van der Waals surface area contributed by atoms with Crippen molar-refractivity contribution >= 4 is 27.8 Å². The van der Waals surface area contributed by atoms with Gasteiger partial charge in [0.15, 0.2) is 16.9 Å². The lowest BCUT2D eigenvalue weighted by atomic mass is 9.86. The van der Waals surface area contributed by atoms with Gasteiger partial charge in [0.25, 0.3) is 5.56 Å². The van der Waals surface area contributed by atoms with Crippen molar-refractivity contribution in [2.45, 2.75) is 32.1 Å². The van der Waals surface area contributed by atoms with Crippen molar-refractivity contribution in [2.24, 2.45) is 0 Å². The Kier molecular flexibility index (Phi) is 7.48. The van der Waals surface area contributed by atoms with Crippen LogP contribution in [-0.4, -0.2) is 40.0 Å². The van der Waals surface area contributed by atoms with Crippen molar-refractivity contribution in [3.05, 3.63) is 116 Å². The van der Waals surface area contributed by atoms with Crippen LogP contribution in [0.4, 0.5) is 0 Å². The van der Waals surface area contributed by atoms with E-state index < -0.39 is 11.6 Å². The van der Waals surface area contributed by atoms with E-state index in [1.165, 1.54) is 25.5 Å². The summed E-state index contributed by atoms with van der Waals surface area (Å²) in [6, 6.07) is 21.6. The third-order valence-electron chi connectivity index (χ3n) is 8.90. The molecule has 0 bridgehead atoms. The number of phenols is 1. The summed E-state index contributed by atoms with van der Waals surface area (Å²) in [5, 5.41) is 21.9. The van der Waals surface area contributed by atoms with Gasteiger partial charge in [-0.05, 0) is 54.4 Å². The third-order valence-corrected chi connectivity index (χ3v) is 8.90. The Morgan fingerprint density at radius 3 is 2.48 bits per heavy atom. The van der Waals surface area contributed by atoms with E-state index in [0.29, 0.717) is 40.1 Å². The van der Waals surface area contributed by atoms with Crippen LogP contribution in [-0.2, 0) is 28.3 Å². The molecule has 11 nitrogen and oxygen atoms in total. The lowest BCUT2D eigenvalue weighted by molar-refractivity contribution is -0.172. The predicted molar refractivity (Wildman–Crippen MR) is 177 cm³/mol. The highest BCUT2D eigenvalue weighted by Gasteiger charge is 2.45. The van der Waals surface area contributed by atoms with Crippen molar-refractivity contribution in [1.29, 1.82) is 0 Å². The Hall–Kier alpha value is -5.94. The van der Waals surface area contributed by atoms with Crippen molar-refractivity contribution < 1.29 is 33.6 Å². The van der Waals surface area contributed by atoms with Crippen LogP contribution >= 0.6 is 0 Å². The second-order valence-corrected chi connectivity index (χ2v) is 11.5. The fourth-order valence-electron chi connectivity index (χ4n) is 6.26. The first-order chi connectivity index (χ1) is 23.2. The Morgan fingerprint density at radius 1 is 0.979 bits per heavy atom. The molecule has 0 amide bonds. The zero-order chi connectivity index (χ0) is 33.7. The molecule has 0 fully saturated rings. The van der Waals surface area contributed by atoms with Crippen molar-refractivity contribution in [2.75, 3.05) is 14.2 Å². The maximum atomic E-state index is 13.0. The number of phenolic OH excluding ortho intramolecular Hbond substituents is 1. The third kappa shape index (κ3) is 4.78. The van der Waals surface area contributed by atoms with Crippen molar-refractivity contribution in [1.82, 2.24) is 9.55 Å². The Morgan fingerprint density at radius 2 is 1.75 bits per heavy atom. The van der Waals surface area contributed by atoms with Crippen LogP contribution in [0.15, 0.2) is 93.1 Å². The standard InChI is InChI=1S/C20H16N2O4.C17H14O5/c1-2-20(25)14-8-16-17-12(7-11-5-3-4-6-15(11)21-17)9-22(16)18(23)13(14)10-26-19(20)24;1-20-11-5-3-10(4-6-11)13-9-22-16-12(15(13)19)7-8-14(18)17(16)21-2/h3-8,25H,2,9-10H2,1H3;3-9,18H,1-2H3. The number of benzene rings is 3. The van der Waals surface area contributed by atoms with E-state index in [1.807, 2.05) is 30.3 Å². The number of carbonyl (C=O) groups excluding carboxylic acids is 1. The number of hydrogen-bond acceptors (Lipinski definition) is 10. The van der Waals surface area contributed by atoms with E-state index >= 15 is 0 Å². The molecule has 48 heavy (non-hydrogen) atoms. The van der Waals surface area contributed by atoms with Crippen molar-refractivity contribution in [3.63, 3.8) is 0 Å². The minimum Gasteiger partial charge on any atom is -0.504 e. The Bertz CT molecular complexity index is 2380. The predicted octanol–water partition coefficient (Wildman–Crippen LogP) is 5.26. The minimum absolute atomic E-state index is 0.0738. The largest absolute Gasteiger partial charge is 0.504 e. The Balaban J connectivity index is 0.000000154. The average molecular weight is 647 g/mol. The number of rotatable bonds is 4. The first-order valence-electron chi connectivity index (χ1n) is 15.2. The number of hydrogen-bond donors (Lipinski definition) is 2. The van der Waals surface area contributed by atoms with Crippen LogP contribution in [0.3, 0.4) is 0 Å². The van der Waals surface area contributed by atoms with Crippen LogP contribution in [0.25, 0.3) is 44.4 Å². The number of aromatic hydroxyl groups is 1. The van der Waals surface area contributed by atoms with Gasteiger partial charge in [0.05, 0.1) is 54.2 Å². The van der Waals surface area contributed by atoms with Crippen LogP contribution in [0.1, 0.15) is 30.0 Å². The minimum atomic E-state index is -1.79. The summed E-state index contributed by atoms with van der Waals surface area (Å²) in [6.07, 6.45) is 1.51. The highest BCUT2D eigenvalue weighted by atomic mass is 16.6. The second kappa shape index (κ2) is 11.7. The summed E-state index contributed by atoms with van der Waals surface area (Å²) in [5.41, 5.74) is 3.01. The summed E-state index contributed by atoms with van der Waals surface area (Å²) in [4.78, 5) is 42.5. The molecule has 2 N–H and O–H groups in total. The molecule has 242 valence electrons. The monoisotopic (exact) mass is 646 g/mol. The zero-order valence-corrected chi connectivity index (χ0v) is 26.3. The first kappa shape index (κ1) is 30.7. The van der Waals surface area contributed by atoms with Gasteiger partial charge < -0.3 is 33.4 Å². The number of methoxy groups -OCH3 is 2. The molecule has 2 aliphatic rings. The molecule has 6 aromatic rings. The molecule has 3 aromatic carbocycles. The second-order valence-electron chi connectivity index (χ2n) is 11.5. The van der Waals surface area contributed by atoms with Gasteiger partial charge in [-0.15, -0.1) is 0 Å². The van der Waals surface area contributed by atoms with Gasteiger partial charge in [-0.25, -0.2) is 9.78 Å². The number of nitrogens with zero attached hydrogens (tertiary/aromatic N) is 2. The molecule has 0 saturated carbocycles. The lowest BCUT2D eigenvalue weighted by Gasteiger charge is -2.31. The molecule has 1 atom stereocenters. The number of aliphatic hydroxyl groups is 1. The van der Waals surface area contributed by atoms with E-state index in [-0.39, 0.29) is 41.1 Å². The molecule has 3 aromatic heterocycles. The average Bonchev–Trinajstić information content (AvgIpc) is 3.47. The summed E-state index contributed by atoms with van der Waals surface area (Å²) in [6.45, 7) is 2.01. The van der Waals surface area contributed by atoms with Gasteiger partial charge in [0.2, 0.25) is 11.2 Å². The van der Waals surface area contributed by atoms with Gasteiger partial charge in [-0.2, -0.15) is 0 Å². The van der Waals surface area contributed by atoms with Crippen LogP contribution in [0.2, 0.25) is 0 Å². The topological polar surface area (TPSA) is 150 Å². The maximum absolute atomic E-state index is 13.0. The summed E-state index contributed by atoms with van der Waals surface area (Å²) in [5.74, 6) is 0.0771. The molecule has 0 radical (unpaired) electrons. The van der Waals surface area contributed by atoms with E-state index in [4.69, 9.17) is 23.6 Å². The van der Waals surface area contributed by atoms with Crippen LogP contribution in [0.5, 0.6) is 17.2 Å². The first-order valence-corrected chi connectivity index (χ1v) is 15.2. The molecule has 11 heteroatoms. The van der Waals surface area contributed by atoms with E-state index in [0.717, 1.165) is 27.7 Å². The maximum Gasteiger partial charge on any atom is 0.343 e. The van der Waals surface area contributed by atoms with Crippen molar-refractivity contribution in [3.8, 4) is 39.8 Å². The molecule has 2 aliphatic heterocycles. The van der Waals surface area contributed by atoms with Gasteiger partial charge in [0, 0.05) is 16.5 Å². The number of aromatic nitrogens is 2. The molecule has 5 heterocycles. The number of cyclic esters (lactones) is 1. The van der Waals surface area contributed by atoms with Gasteiger partial charge in [-0.3, -0.25) is 9.59 Å². The molecule has 0 spiro atoms. The molecule has 0 saturated heterocycles. The molecular formula is C37H30N2O9. The highest BCUT2D eigenvalue weighted by molar-refractivity contribution is 5.88. The molecule has 0 aliphatic carbocycles. The van der Waals surface area contributed by atoms with E-state index in [9.17, 15) is 24.6 Å². The lowest BCUT2D eigenvalue weighted by Crippen LogP contribution is -2.44. The quantitative estimate of drug-likeness (QED) is 0.242. The van der Waals surface area contributed by atoms with E-state index in [1.54, 1.807) is 48.9 Å². The zero-order valence-electron chi connectivity index (χ0n) is 26.3. The smallest absolute Gasteiger partial charge is 0.343 e. The normalized spacial score (nSPS) is 16.0. The van der Waals surface area contributed by atoms with Gasteiger partial charge >= 0.3 is 5.97 Å². The number of pyridine rings is 2. The Labute approximate surface area is 273 Å². The highest BCUT2D eigenvalue weighted by Crippen LogP contribution is 2.39. The summed E-state index contributed by atoms with van der Waals surface area (Å²) >= 11 is 0. The number of para-hydroxylation sites is 1. The van der Waals surface area contributed by atoms with Crippen LogP contribution < -0.4 is 20.5 Å². The van der Waals surface area contributed by atoms with E-state index in [2.05, 4.69) is 0 Å². The SMILES string of the molecule is CCC1(O)C(=O)OCc2c1cc1n(c2=O)Cc2cc3ccccc3nc2-1.COc1ccc(-c2coc3c(OC)c(O)ccc3c2=O)cc1. The number of ether oxygens (including phenoxy) is 3. The van der Waals surface area contributed by atoms with Crippen LogP contribution in [0, 0.1) is 0 Å². The summed E-state index contributed by atoms with van der Waals surface area (Å²) in [7, 11) is 2.99. The fourth-order valence-corrected chi connectivity index (χ4v) is 6.26. The number of carbonyl (C=O) groups is 1. The number of fused-ring (bicyclic) bond motifs is 6. The molecule has 1 unspecified atom stereocenters.